The van der Waals surface area contributed by atoms with Gasteiger partial charge in [0.15, 0.2) is 15.7 Å². The van der Waals surface area contributed by atoms with Crippen molar-refractivity contribution in [3.63, 3.8) is 0 Å². The second-order valence-electron chi connectivity index (χ2n) is 8.47. The van der Waals surface area contributed by atoms with Crippen molar-refractivity contribution in [1.29, 1.82) is 0 Å². The van der Waals surface area contributed by atoms with E-state index in [1.165, 1.54) is 42.5 Å². The zero-order valence-electron chi connectivity index (χ0n) is 20.8. The van der Waals surface area contributed by atoms with E-state index in [-0.39, 0.29) is 45.5 Å². The number of rotatable bonds is 10. The van der Waals surface area contributed by atoms with E-state index in [9.17, 15) is 39.1 Å². The molecule has 218 valence electrons. The number of aromatic nitrogens is 3. The third-order valence-electron chi connectivity index (χ3n) is 5.42. The predicted octanol–water partition coefficient (Wildman–Crippen LogP) is 4.52. The second-order valence-corrected chi connectivity index (χ2v) is 11.4. The summed E-state index contributed by atoms with van der Waals surface area (Å²) >= 11 is -2.40. The molecule has 1 atom stereocenters. The van der Waals surface area contributed by atoms with Crippen molar-refractivity contribution in [3.05, 3.63) is 60.2 Å². The number of nitrogens with zero attached hydrogens (tertiary/aromatic N) is 3. The Morgan fingerprint density at radius 2 is 1.71 bits per heavy atom. The Morgan fingerprint density at radius 3 is 2.32 bits per heavy atom. The van der Waals surface area contributed by atoms with Crippen LogP contribution in [0.1, 0.15) is 5.56 Å². The molecule has 0 fully saturated rings. The van der Waals surface area contributed by atoms with Crippen LogP contribution in [-0.4, -0.2) is 57.7 Å². The lowest BCUT2D eigenvalue weighted by atomic mass is 10.1. The molecule has 2 aromatic heterocycles. The van der Waals surface area contributed by atoms with Crippen LogP contribution in [0, 0.1) is 0 Å². The van der Waals surface area contributed by atoms with Crippen LogP contribution in [-0.2, 0) is 27.5 Å². The molecule has 0 spiro atoms. The Hall–Kier alpha value is -3.96. The van der Waals surface area contributed by atoms with Gasteiger partial charge in [-0.1, -0.05) is 12.1 Å². The van der Waals surface area contributed by atoms with Crippen molar-refractivity contribution in [3.8, 4) is 17.0 Å². The highest BCUT2D eigenvalue weighted by Gasteiger charge is 2.28. The number of hydrogen-bond donors (Lipinski definition) is 2. The Bertz CT molecular complexity index is 1700. The Labute approximate surface area is 232 Å². The van der Waals surface area contributed by atoms with Gasteiger partial charge in [-0.3, -0.25) is 4.21 Å². The molecule has 0 saturated carbocycles. The largest absolute Gasteiger partial charge is 0.768 e. The van der Waals surface area contributed by atoms with Crippen LogP contribution in [0.25, 0.3) is 22.3 Å². The quantitative estimate of drug-likeness (QED) is 0.193. The number of anilines is 2. The molecule has 0 aliphatic rings. The minimum Gasteiger partial charge on any atom is -0.768 e. The van der Waals surface area contributed by atoms with Crippen LogP contribution in [0.3, 0.4) is 0 Å². The summed E-state index contributed by atoms with van der Waals surface area (Å²) in [6, 6.07) is 12.0. The van der Waals surface area contributed by atoms with Gasteiger partial charge < -0.3 is 19.9 Å². The lowest BCUT2D eigenvalue weighted by molar-refractivity contribution is -0.115. The van der Waals surface area contributed by atoms with Crippen molar-refractivity contribution in [2.45, 2.75) is 29.1 Å². The molecular weight excluding hydrogens is 597 g/mol. The summed E-state index contributed by atoms with van der Waals surface area (Å²) in [5.74, 6) is -0.912. The third-order valence-corrected chi connectivity index (χ3v) is 7.20. The molecule has 0 saturated heterocycles. The van der Waals surface area contributed by atoms with Crippen LogP contribution in [0.15, 0.2) is 64.4 Å². The average molecular weight is 617 g/mol. The lowest BCUT2D eigenvalue weighted by Crippen LogP contribution is -2.22. The molecule has 0 radical (unpaired) electrons. The first-order chi connectivity index (χ1) is 19.2. The summed E-state index contributed by atoms with van der Waals surface area (Å²) in [4.78, 5) is 12.3. The fourth-order valence-corrected chi connectivity index (χ4v) is 4.79. The van der Waals surface area contributed by atoms with Gasteiger partial charge >= 0.3 is 12.8 Å². The molecule has 2 heterocycles. The molecule has 0 aliphatic carbocycles. The number of ether oxygens (including phenoxy) is 1. The highest BCUT2D eigenvalue weighted by Crippen LogP contribution is 2.32. The maximum absolute atomic E-state index is 13.0. The molecule has 2 N–H and O–H groups in total. The van der Waals surface area contributed by atoms with E-state index in [2.05, 4.69) is 30.3 Å². The smallest absolute Gasteiger partial charge is 0.405 e. The van der Waals surface area contributed by atoms with E-state index in [0.29, 0.717) is 5.56 Å². The minimum absolute atomic E-state index is 0.0546. The van der Waals surface area contributed by atoms with E-state index >= 15 is 0 Å². The van der Waals surface area contributed by atoms with Crippen LogP contribution in [0.4, 0.5) is 33.7 Å². The molecular formula is C24H19F5N5O5S2-. The molecule has 0 bridgehead atoms. The van der Waals surface area contributed by atoms with E-state index in [1.54, 1.807) is 0 Å². The van der Waals surface area contributed by atoms with Crippen molar-refractivity contribution < 1.29 is 43.9 Å². The fraction of sp³-hybridized carbons (Fsp3) is 0.208. The van der Waals surface area contributed by atoms with Gasteiger partial charge in [-0.25, -0.2) is 18.4 Å². The van der Waals surface area contributed by atoms with Crippen LogP contribution in [0.5, 0.6) is 5.75 Å². The first-order valence-electron chi connectivity index (χ1n) is 11.4. The van der Waals surface area contributed by atoms with Crippen molar-refractivity contribution >= 4 is 43.7 Å². The van der Waals surface area contributed by atoms with E-state index < -0.39 is 50.9 Å². The van der Waals surface area contributed by atoms with Gasteiger partial charge in [0.25, 0.3) is 0 Å². The molecule has 1 unspecified atom stereocenters. The first-order valence-corrected chi connectivity index (χ1v) is 14.4. The number of pyridine rings is 1. The van der Waals surface area contributed by atoms with Crippen LogP contribution >= 0.6 is 0 Å². The number of benzene rings is 2. The summed E-state index contributed by atoms with van der Waals surface area (Å²) < 4.78 is 115. The van der Waals surface area contributed by atoms with Gasteiger partial charge in [0.1, 0.15) is 22.7 Å². The Kier molecular flexibility index (Phi) is 8.69. The molecule has 0 amide bonds. The SMILES string of the molecule is CS(=O)(=O)c1cc(-c2ccc3nc(NCc4ccc(S(=O)[O-])cc4)nc(NCC(F)(F)F)c3n2)ccc1OC(F)F. The van der Waals surface area contributed by atoms with Gasteiger partial charge in [-0.2, -0.15) is 26.9 Å². The Balaban J connectivity index is 1.72. The van der Waals surface area contributed by atoms with E-state index in [1.807, 2.05) is 0 Å². The van der Waals surface area contributed by atoms with Gasteiger partial charge in [0.2, 0.25) is 5.95 Å². The molecule has 0 aliphatic heterocycles. The van der Waals surface area contributed by atoms with Gasteiger partial charge in [0, 0.05) is 23.3 Å². The van der Waals surface area contributed by atoms with Crippen LogP contribution < -0.4 is 15.4 Å². The zero-order chi connectivity index (χ0) is 29.9. The normalized spacial score (nSPS) is 12.9. The number of fused-ring (bicyclic) bond motifs is 1. The minimum atomic E-state index is -4.60. The lowest BCUT2D eigenvalue weighted by Gasteiger charge is -2.14. The maximum Gasteiger partial charge on any atom is 0.405 e. The summed E-state index contributed by atoms with van der Waals surface area (Å²) in [6.45, 7) is -4.61. The van der Waals surface area contributed by atoms with Gasteiger partial charge in [0.05, 0.1) is 11.2 Å². The number of nitrogens with one attached hydrogen (secondary N) is 2. The zero-order valence-corrected chi connectivity index (χ0v) is 22.4. The van der Waals surface area contributed by atoms with Crippen molar-refractivity contribution in [2.75, 3.05) is 23.4 Å². The van der Waals surface area contributed by atoms with E-state index in [4.69, 9.17) is 0 Å². The second kappa shape index (κ2) is 11.9. The summed E-state index contributed by atoms with van der Waals surface area (Å²) in [6.07, 6.45) is -3.80. The molecule has 4 rings (SSSR count). The average Bonchev–Trinajstić information content (AvgIpc) is 2.89. The molecule has 41 heavy (non-hydrogen) atoms. The highest BCUT2D eigenvalue weighted by atomic mass is 32.2. The number of halogens is 5. The first kappa shape index (κ1) is 30.0. The van der Waals surface area contributed by atoms with Gasteiger partial charge in [-0.15, -0.1) is 0 Å². The topological polar surface area (TPSA) is 146 Å². The maximum atomic E-state index is 13.0. The number of hydrogen-bond acceptors (Lipinski definition) is 10. The highest BCUT2D eigenvalue weighted by molar-refractivity contribution is 7.90. The summed E-state index contributed by atoms with van der Waals surface area (Å²) in [7, 11) is -4.01. The molecule has 10 nitrogen and oxygen atoms in total. The molecule has 2 aromatic carbocycles. The Morgan fingerprint density at radius 1 is 1.00 bits per heavy atom. The summed E-state index contributed by atoms with van der Waals surface area (Å²) in [5.41, 5.74) is 0.950. The number of sulfone groups is 1. The van der Waals surface area contributed by atoms with Crippen molar-refractivity contribution in [1.82, 2.24) is 15.0 Å². The fourth-order valence-electron chi connectivity index (χ4n) is 3.61. The van der Waals surface area contributed by atoms with Gasteiger partial charge in [-0.05, 0) is 59.1 Å². The number of alkyl halides is 5. The van der Waals surface area contributed by atoms with E-state index in [0.717, 1.165) is 18.4 Å². The standard InChI is InChI=1S/C24H20F5N5O5S2/c1-41(37,38)19-10-14(4-9-18(19)39-22(25)26)16-7-8-17-20(32-16)21(31-12-24(27,28)29)34-23(33-17)30-11-13-2-5-15(6-3-13)40(35)36/h2-10,22H,11-12H2,1H3,(H,35,36)(H2,30,31,33,34)/p-1. The third kappa shape index (κ3) is 7.83. The van der Waals surface area contributed by atoms with Crippen LogP contribution in [0.2, 0.25) is 0 Å². The molecule has 17 heteroatoms. The molecule has 4 aromatic rings. The monoisotopic (exact) mass is 616 g/mol. The van der Waals surface area contributed by atoms with Crippen molar-refractivity contribution in [2.24, 2.45) is 0 Å². The summed E-state index contributed by atoms with van der Waals surface area (Å²) in [5, 5.41) is 5.05. The predicted molar refractivity (Wildman–Crippen MR) is 138 cm³/mol.